The van der Waals surface area contributed by atoms with E-state index >= 15 is 0 Å². The van der Waals surface area contributed by atoms with E-state index < -0.39 is 0 Å². The predicted octanol–water partition coefficient (Wildman–Crippen LogP) is 7.62. The molecule has 0 aromatic heterocycles. The summed E-state index contributed by atoms with van der Waals surface area (Å²) in [7, 11) is 0. The molecule has 0 saturated heterocycles. The van der Waals surface area contributed by atoms with Gasteiger partial charge >= 0.3 is 0 Å². The van der Waals surface area contributed by atoms with Gasteiger partial charge in [-0.15, -0.1) is 0 Å². The lowest BCUT2D eigenvalue weighted by atomic mass is 9.86. The van der Waals surface area contributed by atoms with Gasteiger partial charge in [0.2, 0.25) is 0 Å². The van der Waals surface area contributed by atoms with Gasteiger partial charge in [0.15, 0.2) is 0 Å². The summed E-state index contributed by atoms with van der Waals surface area (Å²) in [6.45, 7) is 9.02. The average molecular weight is 319 g/mol. The highest BCUT2D eigenvalue weighted by Gasteiger charge is 2.13. The van der Waals surface area contributed by atoms with Crippen molar-refractivity contribution in [2.75, 3.05) is 0 Å². The first kappa shape index (κ1) is 18.3. The van der Waals surface area contributed by atoms with Gasteiger partial charge < -0.3 is 0 Å². The number of hydrogen-bond acceptors (Lipinski definition) is 0. The molecule has 0 fully saturated rings. The second-order valence-corrected chi connectivity index (χ2v) is 6.07. The zero-order chi connectivity index (χ0) is 17.4. The van der Waals surface area contributed by atoms with Crippen molar-refractivity contribution in [1.29, 1.82) is 0 Å². The van der Waals surface area contributed by atoms with E-state index in [9.17, 15) is 0 Å². The Bertz CT molecular complexity index is 702. The van der Waals surface area contributed by atoms with Crippen LogP contribution in [0.25, 0.3) is 16.7 Å². The van der Waals surface area contributed by atoms with E-state index in [0.717, 1.165) is 25.7 Å². The molecule has 0 nitrogen and oxygen atoms in total. The van der Waals surface area contributed by atoms with Crippen LogP contribution in [0.3, 0.4) is 0 Å². The van der Waals surface area contributed by atoms with Gasteiger partial charge in [-0.25, -0.2) is 0 Å². The standard InChI is InChI=1S/C24H30/c1-5-14-19(6-2)23-17-12-13-18-24(23)22(8-4)21(7-3)20-15-10-9-11-16-20/h9-18H,5-8H2,1-4H3/b19-14-,22-21+. The minimum Gasteiger partial charge on any atom is -0.0810 e. The molecule has 0 heterocycles. The monoisotopic (exact) mass is 318 g/mol. The largest absolute Gasteiger partial charge is 0.0810 e. The molecule has 0 N–H and O–H groups in total. The second-order valence-electron chi connectivity index (χ2n) is 6.07. The van der Waals surface area contributed by atoms with Gasteiger partial charge in [0.05, 0.1) is 0 Å². The Balaban J connectivity index is 2.67. The van der Waals surface area contributed by atoms with E-state index in [4.69, 9.17) is 0 Å². The number of rotatable bonds is 7. The van der Waals surface area contributed by atoms with Crippen molar-refractivity contribution in [3.8, 4) is 0 Å². The van der Waals surface area contributed by atoms with Gasteiger partial charge in [-0.3, -0.25) is 0 Å². The Hall–Kier alpha value is -2.08. The van der Waals surface area contributed by atoms with Crippen LogP contribution < -0.4 is 0 Å². The molecule has 0 spiro atoms. The summed E-state index contributed by atoms with van der Waals surface area (Å²) >= 11 is 0. The summed E-state index contributed by atoms with van der Waals surface area (Å²) in [5.41, 5.74) is 8.57. The molecule has 0 radical (unpaired) electrons. The molecule has 0 aliphatic rings. The van der Waals surface area contributed by atoms with Gasteiger partial charge in [-0.2, -0.15) is 0 Å². The maximum absolute atomic E-state index is 2.38. The third-order valence-corrected chi connectivity index (χ3v) is 4.62. The molecule has 0 unspecified atom stereocenters. The zero-order valence-electron chi connectivity index (χ0n) is 15.6. The molecule has 0 saturated carbocycles. The molecule has 0 bridgehead atoms. The first-order valence-corrected chi connectivity index (χ1v) is 9.32. The lowest BCUT2D eigenvalue weighted by molar-refractivity contribution is 1.15. The first-order chi connectivity index (χ1) is 11.8. The maximum atomic E-state index is 2.38. The smallest absolute Gasteiger partial charge is 0.0146 e. The fourth-order valence-electron chi connectivity index (χ4n) is 3.51. The van der Waals surface area contributed by atoms with Crippen molar-refractivity contribution in [3.05, 3.63) is 77.4 Å². The van der Waals surface area contributed by atoms with Crippen LogP contribution in [0.4, 0.5) is 0 Å². The van der Waals surface area contributed by atoms with E-state index in [1.54, 1.807) is 0 Å². The molecular formula is C24H30. The summed E-state index contributed by atoms with van der Waals surface area (Å²) in [5, 5.41) is 0. The van der Waals surface area contributed by atoms with Crippen LogP contribution in [0.15, 0.2) is 60.7 Å². The highest BCUT2D eigenvalue weighted by Crippen LogP contribution is 2.35. The fraction of sp³-hybridized carbons (Fsp3) is 0.333. The molecule has 2 aromatic carbocycles. The van der Waals surface area contributed by atoms with Gasteiger partial charge in [0, 0.05) is 0 Å². The summed E-state index contributed by atoms with van der Waals surface area (Å²) < 4.78 is 0. The van der Waals surface area contributed by atoms with Gasteiger partial charge in [0.25, 0.3) is 0 Å². The predicted molar refractivity (Wildman–Crippen MR) is 109 cm³/mol. The van der Waals surface area contributed by atoms with E-state index in [0.29, 0.717) is 0 Å². The molecule has 24 heavy (non-hydrogen) atoms. The summed E-state index contributed by atoms with van der Waals surface area (Å²) in [6.07, 6.45) is 6.65. The zero-order valence-corrected chi connectivity index (χ0v) is 15.6. The lowest BCUT2D eigenvalue weighted by Gasteiger charge is -2.18. The SMILES string of the molecule is CC/C=C(/CC)c1ccccc1/C(CC)=C(\CC)c1ccccc1. The Morgan fingerprint density at radius 1 is 0.667 bits per heavy atom. The van der Waals surface area contributed by atoms with Gasteiger partial charge in [-0.05, 0) is 59.1 Å². The van der Waals surface area contributed by atoms with Crippen LogP contribution in [0.2, 0.25) is 0 Å². The van der Waals surface area contributed by atoms with Gasteiger partial charge in [0.1, 0.15) is 0 Å². The van der Waals surface area contributed by atoms with E-state index in [2.05, 4.69) is 88.4 Å². The van der Waals surface area contributed by atoms with Crippen LogP contribution >= 0.6 is 0 Å². The number of hydrogen-bond donors (Lipinski definition) is 0. The first-order valence-electron chi connectivity index (χ1n) is 9.32. The van der Waals surface area contributed by atoms with Crippen LogP contribution in [-0.4, -0.2) is 0 Å². The maximum Gasteiger partial charge on any atom is -0.0146 e. The molecule has 0 atom stereocenters. The molecule has 0 amide bonds. The summed E-state index contributed by atoms with van der Waals surface area (Å²) in [6, 6.07) is 19.8. The Morgan fingerprint density at radius 2 is 1.25 bits per heavy atom. The van der Waals surface area contributed by atoms with Crippen molar-refractivity contribution >= 4 is 16.7 Å². The van der Waals surface area contributed by atoms with E-state index in [-0.39, 0.29) is 0 Å². The van der Waals surface area contributed by atoms with Gasteiger partial charge in [-0.1, -0.05) is 88.4 Å². The minimum absolute atomic E-state index is 1.05. The summed E-state index contributed by atoms with van der Waals surface area (Å²) in [4.78, 5) is 0. The lowest BCUT2D eigenvalue weighted by Crippen LogP contribution is -1.97. The molecule has 0 aliphatic heterocycles. The van der Waals surface area contributed by atoms with Crippen molar-refractivity contribution in [2.45, 2.75) is 53.4 Å². The van der Waals surface area contributed by atoms with Crippen LogP contribution in [0.1, 0.15) is 70.1 Å². The molecule has 0 heteroatoms. The highest BCUT2D eigenvalue weighted by molar-refractivity contribution is 5.94. The third kappa shape index (κ3) is 4.06. The van der Waals surface area contributed by atoms with Crippen LogP contribution in [0.5, 0.6) is 0 Å². The molecular weight excluding hydrogens is 288 g/mol. The van der Waals surface area contributed by atoms with Crippen molar-refractivity contribution < 1.29 is 0 Å². The highest BCUT2D eigenvalue weighted by atomic mass is 14.2. The van der Waals surface area contributed by atoms with Crippen molar-refractivity contribution in [3.63, 3.8) is 0 Å². The quantitative estimate of drug-likeness (QED) is 0.460. The Labute approximate surface area is 147 Å². The molecule has 0 aliphatic carbocycles. The number of benzene rings is 2. The fourth-order valence-corrected chi connectivity index (χ4v) is 3.51. The molecule has 2 rings (SSSR count). The third-order valence-electron chi connectivity index (χ3n) is 4.62. The minimum atomic E-state index is 1.05. The van der Waals surface area contributed by atoms with E-state index in [1.165, 1.54) is 33.4 Å². The topological polar surface area (TPSA) is 0 Å². The Morgan fingerprint density at radius 3 is 1.79 bits per heavy atom. The second kappa shape index (κ2) is 9.27. The number of allylic oxidation sites excluding steroid dienone is 4. The normalized spacial score (nSPS) is 12.9. The molecule has 126 valence electrons. The van der Waals surface area contributed by atoms with Crippen molar-refractivity contribution in [2.24, 2.45) is 0 Å². The van der Waals surface area contributed by atoms with Crippen molar-refractivity contribution in [1.82, 2.24) is 0 Å². The Kier molecular flexibility index (Phi) is 7.06. The average Bonchev–Trinajstić information content (AvgIpc) is 2.65. The van der Waals surface area contributed by atoms with Crippen LogP contribution in [-0.2, 0) is 0 Å². The summed E-state index contributed by atoms with van der Waals surface area (Å²) in [5.74, 6) is 0. The van der Waals surface area contributed by atoms with E-state index in [1.807, 2.05) is 0 Å². The molecule has 2 aromatic rings. The van der Waals surface area contributed by atoms with Crippen LogP contribution in [0, 0.1) is 0 Å².